The molecule has 0 saturated carbocycles. The Labute approximate surface area is 131 Å². The lowest BCUT2D eigenvalue weighted by molar-refractivity contribution is -0.141. The first-order valence-corrected chi connectivity index (χ1v) is 7.06. The molecule has 8 heteroatoms. The highest BCUT2D eigenvalue weighted by Gasteiger charge is 2.27. The zero-order chi connectivity index (χ0) is 16.3. The SMILES string of the molecule is CCC(NC(=O)CN1CC(=O)Oc2ccc(Cl)cc21)C(=O)O. The number of amides is 1. The van der Waals surface area contributed by atoms with Crippen molar-refractivity contribution >= 4 is 35.1 Å². The summed E-state index contributed by atoms with van der Waals surface area (Å²) in [6, 6.07) is 3.76. The van der Waals surface area contributed by atoms with E-state index in [1.165, 1.54) is 4.90 Å². The number of fused-ring (bicyclic) bond motifs is 1. The monoisotopic (exact) mass is 326 g/mol. The third-order valence-corrected chi connectivity index (χ3v) is 3.42. The minimum Gasteiger partial charge on any atom is -0.480 e. The number of carboxylic acid groups (broad SMARTS) is 1. The van der Waals surface area contributed by atoms with Crippen LogP contribution in [0.1, 0.15) is 13.3 Å². The molecule has 0 aliphatic carbocycles. The molecule has 118 valence electrons. The third kappa shape index (κ3) is 3.67. The molecular weight excluding hydrogens is 312 g/mol. The van der Waals surface area contributed by atoms with Crippen LogP contribution in [-0.4, -0.2) is 42.1 Å². The van der Waals surface area contributed by atoms with E-state index >= 15 is 0 Å². The molecule has 0 spiro atoms. The van der Waals surface area contributed by atoms with E-state index in [2.05, 4.69) is 5.32 Å². The standard InChI is InChI=1S/C14H15ClN2O5/c1-2-9(14(20)21)16-12(18)6-17-7-13(19)22-11-4-3-8(15)5-10(11)17/h3-5,9H,2,6-7H2,1H3,(H,16,18)(H,20,21). The number of hydrogen-bond acceptors (Lipinski definition) is 5. The zero-order valence-corrected chi connectivity index (χ0v) is 12.6. The van der Waals surface area contributed by atoms with Crippen molar-refractivity contribution in [2.24, 2.45) is 0 Å². The number of carboxylic acids is 1. The van der Waals surface area contributed by atoms with Gasteiger partial charge in [0.1, 0.15) is 12.6 Å². The Kier molecular flexibility index (Phi) is 4.87. The van der Waals surface area contributed by atoms with Crippen molar-refractivity contribution in [3.63, 3.8) is 0 Å². The number of carbonyl (C=O) groups is 3. The summed E-state index contributed by atoms with van der Waals surface area (Å²) >= 11 is 5.92. The van der Waals surface area contributed by atoms with Gasteiger partial charge < -0.3 is 20.1 Å². The number of hydrogen-bond donors (Lipinski definition) is 2. The Bertz CT molecular complexity index is 619. The summed E-state index contributed by atoms with van der Waals surface area (Å²) in [6.45, 7) is 1.39. The molecule has 7 nitrogen and oxygen atoms in total. The number of benzene rings is 1. The zero-order valence-electron chi connectivity index (χ0n) is 11.8. The number of anilines is 1. The molecule has 1 unspecified atom stereocenters. The Hall–Kier alpha value is -2.28. The van der Waals surface area contributed by atoms with Crippen LogP contribution in [0.15, 0.2) is 18.2 Å². The number of carbonyl (C=O) groups excluding carboxylic acids is 2. The van der Waals surface area contributed by atoms with E-state index in [-0.39, 0.29) is 19.5 Å². The Balaban J connectivity index is 2.13. The molecule has 0 aromatic heterocycles. The van der Waals surface area contributed by atoms with Crippen molar-refractivity contribution in [1.82, 2.24) is 5.32 Å². The largest absolute Gasteiger partial charge is 0.480 e. The number of aliphatic carboxylic acids is 1. The predicted molar refractivity (Wildman–Crippen MR) is 79.2 cm³/mol. The average molecular weight is 327 g/mol. The molecule has 22 heavy (non-hydrogen) atoms. The van der Waals surface area contributed by atoms with E-state index in [0.29, 0.717) is 16.5 Å². The highest BCUT2D eigenvalue weighted by molar-refractivity contribution is 6.31. The van der Waals surface area contributed by atoms with Gasteiger partial charge in [0.25, 0.3) is 0 Å². The summed E-state index contributed by atoms with van der Waals surface area (Å²) in [7, 11) is 0. The van der Waals surface area contributed by atoms with Crippen LogP contribution in [0.25, 0.3) is 0 Å². The fourth-order valence-corrected chi connectivity index (χ4v) is 2.28. The summed E-state index contributed by atoms with van der Waals surface area (Å²) in [5.41, 5.74) is 0.519. The molecular formula is C14H15ClN2O5. The van der Waals surface area contributed by atoms with E-state index in [0.717, 1.165) is 0 Å². The lowest BCUT2D eigenvalue weighted by atomic mass is 10.2. The van der Waals surface area contributed by atoms with Gasteiger partial charge in [0.05, 0.1) is 12.2 Å². The lowest BCUT2D eigenvalue weighted by Gasteiger charge is -2.29. The first-order chi connectivity index (χ1) is 10.4. The topological polar surface area (TPSA) is 95.9 Å². The van der Waals surface area contributed by atoms with Crippen molar-refractivity contribution in [2.75, 3.05) is 18.0 Å². The van der Waals surface area contributed by atoms with E-state index in [1.54, 1.807) is 25.1 Å². The minimum absolute atomic E-state index is 0.107. The number of nitrogens with one attached hydrogen (secondary N) is 1. The number of nitrogens with zero attached hydrogens (tertiary/aromatic N) is 1. The molecule has 1 aromatic carbocycles. The van der Waals surface area contributed by atoms with Crippen LogP contribution in [-0.2, 0) is 14.4 Å². The van der Waals surface area contributed by atoms with Crippen LogP contribution in [0.5, 0.6) is 5.75 Å². The van der Waals surface area contributed by atoms with Gasteiger partial charge in [0.15, 0.2) is 5.75 Å². The molecule has 0 radical (unpaired) electrons. The van der Waals surface area contributed by atoms with Crippen LogP contribution in [0.3, 0.4) is 0 Å². The molecule has 1 aromatic rings. The summed E-state index contributed by atoms with van der Waals surface area (Å²) in [4.78, 5) is 36.0. The van der Waals surface area contributed by atoms with Crippen molar-refractivity contribution in [3.8, 4) is 5.75 Å². The molecule has 0 fully saturated rings. The molecule has 1 heterocycles. The first-order valence-electron chi connectivity index (χ1n) is 6.68. The second kappa shape index (κ2) is 6.65. The first kappa shape index (κ1) is 16.1. The molecule has 1 aliphatic rings. The fourth-order valence-electron chi connectivity index (χ4n) is 2.11. The molecule has 2 N–H and O–H groups in total. The third-order valence-electron chi connectivity index (χ3n) is 3.18. The molecule has 2 rings (SSSR count). The van der Waals surface area contributed by atoms with Crippen LogP contribution < -0.4 is 15.0 Å². The van der Waals surface area contributed by atoms with Crippen LogP contribution >= 0.6 is 11.6 Å². The maximum atomic E-state index is 12.0. The second-order valence-corrected chi connectivity index (χ2v) is 5.25. The summed E-state index contributed by atoms with van der Waals surface area (Å²) in [6.07, 6.45) is 0.269. The normalized spacial score (nSPS) is 14.8. The summed E-state index contributed by atoms with van der Waals surface area (Å²) < 4.78 is 5.07. The number of esters is 1. The van der Waals surface area contributed by atoms with Gasteiger partial charge in [-0.15, -0.1) is 0 Å². The summed E-state index contributed by atoms with van der Waals surface area (Å²) in [5.74, 6) is -1.76. The molecule has 0 bridgehead atoms. The van der Waals surface area contributed by atoms with Crippen molar-refractivity contribution in [3.05, 3.63) is 23.2 Å². The van der Waals surface area contributed by atoms with Gasteiger partial charge in [-0.1, -0.05) is 18.5 Å². The van der Waals surface area contributed by atoms with Crippen LogP contribution in [0.2, 0.25) is 5.02 Å². The highest BCUT2D eigenvalue weighted by Crippen LogP contribution is 2.34. The van der Waals surface area contributed by atoms with Gasteiger partial charge >= 0.3 is 11.9 Å². The van der Waals surface area contributed by atoms with Gasteiger partial charge in [0.2, 0.25) is 5.91 Å². The van der Waals surface area contributed by atoms with Crippen molar-refractivity contribution in [1.29, 1.82) is 0 Å². The number of ether oxygens (including phenoxy) is 1. The van der Waals surface area contributed by atoms with E-state index in [1.807, 2.05) is 0 Å². The Morgan fingerprint density at radius 3 is 2.86 bits per heavy atom. The van der Waals surface area contributed by atoms with Gasteiger partial charge in [0, 0.05) is 5.02 Å². The predicted octanol–water partition coefficient (Wildman–Crippen LogP) is 1.04. The van der Waals surface area contributed by atoms with Gasteiger partial charge in [-0.2, -0.15) is 0 Å². The molecule has 1 atom stereocenters. The van der Waals surface area contributed by atoms with Crippen molar-refractivity contribution in [2.45, 2.75) is 19.4 Å². The van der Waals surface area contributed by atoms with Crippen LogP contribution in [0.4, 0.5) is 5.69 Å². The molecule has 1 aliphatic heterocycles. The van der Waals surface area contributed by atoms with E-state index < -0.39 is 23.9 Å². The van der Waals surface area contributed by atoms with Gasteiger partial charge in [-0.3, -0.25) is 4.79 Å². The van der Waals surface area contributed by atoms with Gasteiger partial charge in [-0.05, 0) is 24.6 Å². The Morgan fingerprint density at radius 1 is 1.50 bits per heavy atom. The minimum atomic E-state index is -1.10. The average Bonchev–Trinajstić information content (AvgIpc) is 2.45. The van der Waals surface area contributed by atoms with Crippen LogP contribution in [0, 0.1) is 0 Å². The smallest absolute Gasteiger partial charge is 0.331 e. The fraction of sp³-hybridized carbons (Fsp3) is 0.357. The quantitative estimate of drug-likeness (QED) is 0.620. The Morgan fingerprint density at radius 2 is 2.23 bits per heavy atom. The lowest BCUT2D eigenvalue weighted by Crippen LogP contribution is -2.47. The molecule has 1 amide bonds. The maximum absolute atomic E-state index is 12.0. The van der Waals surface area contributed by atoms with E-state index in [4.69, 9.17) is 21.4 Å². The van der Waals surface area contributed by atoms with E-state index in [9.17, 15) is 14.4 Å². The summed E-state index contributed by atoms with van der Waals surface area (Å²) in [5, 5.41) is 11.8. The highest BCUT2D eigenvalue weighted by atomic mass is 35.5. The van der Waals surface area contributed by atoms with Gasteiger partial charge in [-0.25, -0.2) is 9.59 Å². The maximum Gasteiger partial charge on any atom is 0.331 e. The number of halogens is 1. The van der Waals surface area contributed by atoms with Crippen molar-refractivity contribution < 1.29 is 24.2 Å². The molecule has 0 saturated heterocycles. The number of rotatable bonds is 5. The second-order valence-electron chi connectivity index (χ2n) is 4.81.